The first kappa shape index (κ1) is 12.3. The molecule has 0 bridgehead atoms. The Morgan fingerprint density at radius 1 is 1.13 bits per heavy atom. The van der Waals surface area contributed by atoms with Crippen molar-refractivity contribution < 1.29 is 0 Å². The van der Waals surface area contributed by atoms with Crippen molar-refractivity contribution in [2.24, 2.45) is 0 Å². The molecular weight excluding hydrogens is 180 g/mol. The van der Waals surface area contributed by atoms with Crippen LogP contribution in [-0.2, 0) is 5.41 Å². The zero-order valence-corrected chi connectivity index (χ0v) is 10.9. The van der Waals surface area contributed by atoms with E-state index in [1.165, 1.54) is 36.0 Å². The molecule has 84 valence electrons. The molecule has 0 amide bonds. The molecule has 0 fully saturated rings. The number of hydrogen-bond donors (Lipinski definition) is 0. The van der Waals surface area contributed by atoms with Crippen LogP contribution in [0.15, 0.2) is 18.2 Å². The maximum absolute atomic E-state index is 2.37. The van der Waals surface area contributed by atoms with Crippen LogP contribution in [0, 0.1) is 13.8 Å². The highest BCUT2D eigenvalue weighted by Gasteiger charge is 2.21. The minimum atomic E-state index is 0.326. The van der Waals surface area contributed by atoms with Crippen LogP contribution in [0.1, 0.15) is 56.7 Å². The first-order valence-corrected chi connectivity index (χ1v) is 6.05. The average molecular weight is 204 g/mol. The van der Waals surface area contributed by atoms with Gasteiger partial charge >= 0.3 is 0 Å². The fraction of sp³-hybridized carbons (Fsp3) is 0.600. The molecule has 0 spiro atoms. The average Bonchev–Trinajstić information content (AvgIpc) is 2.19. The summed E-state index contributed by atoms with van der Waals surface area (Å²) in [4.78, 5) is 0. The largest absolute Gasteiger partial charge is 0.0654 e. The summed E-state index contributed by atoms with van der Waals surface area (Å²) >= 11 is 0. The van der Waals surface area contributed by atoms with E-state index in [4.69, 9.17) is 0 Å². The van der Waals surface area contributed by atoms with Crippen LogP contribution < -0.4 is 0 Å². The fourth-order valence-electron chi connectivity index (χ4n) is 2.24. The Morgan fingerprint density at radius 3 is 2.40 bits per heavy atom. The third-order valence-corrected chi connectivity index (χ3v) is 3.49. The highest BCUT2D eigenvalue weighted by molar-refractivity contribution is 5.37. The van der Waals surface area contributed by atoms with Gasteiger partial charge in [-0.05, 0) is 42.4 Å². The molecule has 0 aliphatic heterocycles. The lowest BCUT2D eigenvalue weighted by molar-refractivity contribution is 0.455. The molecule has 0 heteroatoms. The first-order valence-electron chi connectivity index (χ1n) is 6.05. The molecule has 0 nitrogen and oxygen atoms in total. The molecule has 15 heavy (non-hydrogen) atoms. The molecular formula is C15H24. The van der Waals surface area contributed by atoms with Gasteiger partial charge in [0.25, 0.3) is 0 Å². The summed E-state index contributed by atoms with van der Waals surface area (Å²) in [7, 11) is 0. The van der Waals surface area contributed by atoms with Crippen LogP contribution in [0.3, 0.4) is 0 Å². The van der Waals surface area contributed by atoms with Crippen molar-refractivity contribution in [1.82, 2.24) is 0 Å². The summed E-state index contributed by atoms with van der Waals surface area (Å²) in [5.74, 6) is 0. The highest BCUT2D eigenvalue weighted by Crippen LogP contribution is 2.32. The number of benzene rings is 1. The molecule has 0 saturated heterocycles. The van der Waals surface area contributed by atoms with Gasteiger partial charge in [-0.15, -0.1) is 0 Å². The summed E-state index contributed by atoms with van der Waals surface area (Å²) in [5, 5.41) is 0. The molecule has 0 radical (unpaired) electrons. The van der Waals surface area contributed by atoms with Crippen LogP contribution in [0.25, 0.3) is 0 Å². The van der Waals surface area contributed by atoms with Crippen molar-refractivity contribution in [3.63, 3.8) is 0 Å². The Kier molecular flexibility index (Phi) is 3.96. The highest BCUT2D eigenvalue weighted by atomic mass is 14.3. The van der Waals surface area contributed by atoms with Crippen molar-refractivity contribution in [1.29, 1.82) is 0 Å². The van der Waals surface area contributed by atoms with Gasteiger partial charge in [0.05, 0.1) is 0 Å². The van der Waals surface area contributed by atoms with Gasteiger partial charge in [0.15, 0.2) is 0 Å². The van der Waals surface area contributed by atoms with Gasteiger partial charge in [0.1, 0.15) is 0 Å². The minimum Gasteiger partial charge on any atom is -0.0654 e. The minimum absolute atomic E-state index is 0.326. The molecule has 0 unspecified atom stereocenters. The van der Waals surface area contributed by atoms with E-state index in [2.05, 4.69) is 52.8 Å². The second-order valence-corrected chi connectivity index (χ2v) is 5.23. The van der Waals surface area contributed by atoms with Crippen molar-refractivity contribution in [2.45, 2.75) is 59.3 Å². The molecule has 0 heterocycles. The molecule has 0 aliphatic rings. The Balaban J connectivity index is 2.98. The molecule has 0 aromatic heterocycles. The SMILES string of the molecule is CCCCC(C)(C)c1cccc(C)c1C. The molecule has 0 N–H and O–H groups in total. The van der Waals surface area contributed by atoms with Crippen LogP contribution in [0.5, 0.6) is 0 Å². The monoisotopic (exact) mass is 204 g/mol. The number of rotatable bonds is 4. The van der Waals surface area contributed by atoms with Gasteiger partial charge in [0, 0.05) is 0 Å². The maximum atomic E-state index is 2.37. The Labute approximate surface area is 94.7 Å². The van der Waals surface area contributed by atoms with E-state index in [-0.39, 0.29) is 0 Å². The van der Waals surface area contributed by atoms with Gasteiger partial charge in [-0.25, -0.2) is 0 Å². The number of unbranched alkanes of at least 4 members (excludes halogenated alkanes) is 1. The third kappa shape index (κ3) is 2.84. The van der Waals surface area contributed by atoms with Crippen LogP contribution in [0.4, 0.5) is 0 Å². The van der Waals surface area contributed by atoms with E-state index in [0.29, 0.717) is 5.41 Å². The second kappa shape index (κ2) is 4.83. The van der Waals surface area contributed by atoms with E-state index in [9.17, 15) is 0 Å². The molecule has 0 atom stereocenters. The lowest BCUT2D eigenvalue weighted by Gasteiger charge is -2.27. The van der Waals surface area contributed by atoms with Crippen molar-refractivity contribution >= 4 is 0 Å². The maximum Gasteiger partial charge on any atom is -0.0101 e. The van der Waals surface area contributed by atoms with Crippen LogP contribution in [0.2, 0.25) is 0 Å². The standard InChI is InChI=1S/C15H24/c1-6-7-11-15(4,5)14-10-8-9-12(2)13(14)3/h8-10H,6-7,11H2,1-5H3. The lowest BCUT2D eigenvalue weighted by atomic mass is 9.77. The van der Waals surface area contributed by atoms with Gasteiger partial charge < -0.3 is 0 Å². The van der Waals surface area contributed by atoms with Crippen LogP contribution >= 0.6 is 0 Å². The van der Waals surface area contributed by atoms with Gasteiger partial charge in [-0.1, -0.05) is 51.8 Å². The van der Waals surface area contributed by atoms with E-state index >= 15 is 0 Å². The van der Waals surface area contributed by atoms with Gasteiger partial charge in [-0.3, -0.25) is 0 Å². The molecule has 0 saturated carbocycles. The molecule has 1 aromatic carbocycles. The van der Waals surface area contributed by atoms with Crippen LogP contribution in [-0.4, -0.2) is 0 Å². The molecule has 1 aromatic rings. The predicted octanol–water partition coefficient (Wildman–Crippen LogP) is 4.77. The second-order valence-electron chi connectivity index (χ2n) is 5.23. The zero-order valence-electron chi connectivity index (χ0n) is 10.9. The quantitative estimate of drug-likeness (QED) is 0.662. The molecule has 1 rings (SSSR count). The fourth-order valence-corrected chi connectivity index (χ4v) is 2.24. The van der Waals surface area contributed by atoms with Crippen molar-refractivity contribution in [2.75, 3.05) is 0 Å². The van der Waals surface area contributed by atoms with E-state index in [1.54, 1.807) is 0 Å². The summed E-state index contributed by atoms with van der Waals surface area (Å²) < 4.78 is 0. The van der Waals surface area contributed by atoms with E-state index in [0.717, 1.165) is 0 Å². The third-order valence-electron chi connectivity index (χ3n) is 3.49. The summed E-state index contributed by atoms with van der Waals surface area (Å²) in [6.45, 7) is 11.4. The zero-order chi connectivity index (χ0) is 11.5. The van der Waals surface area contributed by atoms with Gasteiger partial charge in [-0.2, -0.15) is 0 Å². The lowest BCUT2D eigenvalue weighted by Crippen LogP contribution is -2.18. The predicted molar refractivity (Wildman–Crippen MR) is 68.5 cm³/mol. The summed E-state index contributed by atoms with van der Waals surface area (Å²) in [6.07, 6.45) is 3.89. The van der Waals surface area contributed by atoms with Crippen molar-refractivity contribution in [3.8, 4) is 0 Å². The Hall–Kier alpha value is -0.780. The van der Waals surface area contributed by atoms with E-state index in [1.807, 2.05) is 0 Å². The Bertz CT molecular complexity index is 321. The van der Waals surface area contributed by atoms with E-state index < -0.39 is 0 Å². The van der Waals surface area contributed by atoms with Gasteiger partial charge in [0.2, 0.25) is 0 Å². The molecule has 0 aliphatic carbocycles. The number of hydrogen-bond acceptors (Lipinski definition) is 0. The number of aryl methyl sites for hydroxylation is 1. The normalized spacial score (nSPS) is 11.8. The summed E-state index contributed by atoms with van der Waals surface area (Å²) in [6, 6.07) is 6.68. The van der Waals surface area contributed by atoms with Crippen molar-refractivity contribution in [3.05, 3.63) is 34.9 Å². The smallest absolute Gasteiger partial charge is 0.0101 e. The summed E-state index contributed by atoms with van der Waals surface area (Å²) in [5.41, 5.74) is 4.73. The first-order chi connectivity index (χ1) is 6.99. The topological polar surface area (TPSA) is 0 Å². The Morgan fingerprint density at radius 2 is 1.80 bits per heavy atom.